The van der Waals surface area contributed by atoms with E-state index < -0.39 is 0 Å². The Morgan fingerprint density at radius 1 is 0.481 bits per heavy atom. The number of aromatic nitrogens is 3. The minimum atomic E-state index is 0.841. The van der Waals surface area contributed by atoms with Crippen molar-refractivity contribution in [1.82, 2.24) is 14.5 Å². The molecule has 2 heterocycles. The van der Waals surface area contributed by atoms with E-state index in [9.17, 15) is 0 Å². The first-order valence-electron chi connectivity index (χ1n) is 17.7. The van der Waals surface area contributed by atoms with Gasteiger partial charge in [0.25, 0.3) is 0 Å². The van der Waals surface area contributed by atoms with Crippen LogP contribution in [0.2, 0.25) is 0 Å². The Hall–Kier alpha value is -6.84. The van der Waals surface area contributed by atoms with Crippen LogP contribution in [-0.4, -0.2) is 14.5 Å². The number of pyridine rings is 1. The summed E-state index contributed by atoms with van der Waals surface area (Å²) in [7, 11) is 0. The number of hydrogen-bond donors (Lipinski definition) is 0. The number of imidazole rings is 1. The fourth-order valence-corrected chi connectivity index (χ4v) is 7.38. The second kappa shape index (κ2) is 13.5. The molecular formula is C49H35N3. The van der Waals surface area contributed by atoms with E-state index in [-0.39, 0.29) is 0 Å². The van der Waals surface area contributed by atoms with Crippen LogP contribution in [-0.2, 0) is 0 Å². The molecule has 52 heavy (non-hydrogen) atoms. The van der Waals surface area contributed by atoms with Crippen LogP contribution in [0.3, 0.4) is 0 Å². The number of nitrogens with zero attached hydrogens (tertiary/aromatic N) is 3. The van der Waals surface area contributed by atoms with Crippen molar-refractivity contribution >= 4 is 38.4 Å². The van der Waals surface area contributed by atoms with E-state index in [0.717, 1.165) is 33.9 Å². The van der Waals surface area contributed by atoms with Crippen LogP contribution < -0.4 is 0 Å². The van der Waals surface area contributed by atoms with Gasteiger partial charge in [-0.05, 0) is 97.4 Å². The number of rotatable bonds is 7. The van der Waals surface area contributed by atoms with Gasteiger partial charge in [0, 0.05) is 35.4 Å². The summed E-state index contributed by atoms with van der Waals surface area (Å²) in [5.74, 6) is 0.841. The van der Waals surface area contributed by atoms with Crippen molar-refractivity contribution < 1.29 is 0 Å². The molecule has 7 aromatic carbocycles. The van der Waals surface area contributed by atoms with Gasteiger partial charge in [0.2, 0.25) is 0 Å². The SMILES string of the molecule is C/C=C\C=C/c1cn(-c2ccc(-c3c4ccccc4c(-c4ccc5ccccc5c4)c4ccccc34)cc2)c(-c2cncc(-c3ccccc3)c2)n1. The molecule has 0 aliphatic rings. The smallest absolute Gasteiger partial charge is 0.146 e. The van der Waals surface area contributed by atoms with Crippen molar-refractivity contribution in [3.63, 3.8) is 0 Å². The first-order valence-corrected chi connectivity index (χ1v) is 17.7. The molecule has 0 spiro atoms. The van der Waals surface area contributed by atoms with Gasteiger partial charge in [0.1, 0.15) is 5.82 Å². The van der Waals surface area contributed by atoms with Gasteiger partial charge in [-0.3, -0.25) is 9.55 Å². The maximum Gasteiger partial charge on any atom is 0.146 e. The number of hydrogen-bond acceptors (Lipinski definition) is 2. The fraction of sp³-hybridized carbons (Fsp3) is 0.0204. The summed E-state index contributed by atoms with van der Waals surface area (Å²) in [6.45, 7) is 2.01. The zero-order valence-electron chi connectivity index (χ0n) is 28.8. The highest BCUT2D eigenvalue weighted by molar-refractivity contribution is 6.21. The zero-order valence-corrected chi connectivity index (χ0v) is 28.8. The van der Waals surface area contributed by atoms with E-state index in [1.165, 1.54) is 54.6 Å². The second-order valence-electron chi connectivity index (χ2n) is 13.0. The molecule has 9 rings (SSSR count). The lowest BCUT2D eigenvalue weighted by molar-refractivity contribution is 1.06. The molecule has 0 unspecified atom stereocenters. The van der Waals surface area contributed by atoms with Crippen LogP contribution in [0.4, 0.5) is 0 Å². The molecule has 0 bridgehead atoms. The van der Waals surface area contributed by atoms with Crippen LogP contribution in [0.5, 0.6) is 0 Å². The Bertz CT molecular complexity index is 2730. The van der Waals surface area contributed by atoms with Crippen molar-refractivity contribution in [1.29, 1.82) is 0 Å². The molecule has 3 heteroatoms. The lowest BCUT2D eigenvalue weighted by atomic mass is 9.85. The molecule has 0 aliphatic heterocycles. The summed E-state index contributed by atoms with van der Waals surface area (Å²) >= 11 is 0. The molecule has 0 saturated carbocycles. The van der Waals surface area contributed by atoms with Gasteiger partial charge in [0.15, 0.2) is 0 Å². The van der Waals surface area contributed by atoms with Crippen molar-refractivity contribution in [2.75, 3.05) is 0 Å². The molecule has 0 radical (unpaired) electrons. The minimum absolute atomic E-state index is 0.841. The number of fused-ring (bicyclic) bond motifs is 3. The van der Waals surface area contributed by atoms with Crippen LogP contribution in [0.25, 0.3) is 88.8 Å². The Balaban J connectivity index is 1.18. The Morgan fingerprint density at radius 2 is 1.08 bits per heavy atom. The second-order valence-corrected chi connectivity index (χ2v) is 13.0. The normalized spacial score (nSPS) is 11.8. The molecule has 0 saturated heterocycles. The van der Waals surface area contributed by atoms with Gasteiger partial charge >= 0.3 is 0 Å². The van der Waals surface area contributed by atoms with Crippen molar-refractivity contribution in [2.24, 2.45) is 0 Å². The highest BCUT2D eigenvalue weighted by atomic mass is 15.1. The molecule has 9 aromatic rings. The number of benzene rings is 7. The van der Waals surface area contributed by atoms with Crippen LogP contribution in [0.1, 0.15) is 12.6 Å². The quantitative estimate of drug-likeness (QED) is 0.125. The molecule has 3 nitrogen and oxygen atoms in total. The van der Waals surface area contributed by atoms with E-state index >= 15 is 0 Å². The molecule has 246 valence electrons. The highest BCUT2D eigenvalue weighted by Crippen LogP contribution is 2.44. The van der Waals surface area contributed by atoms with Crippen molar-refractivity contribution in [2.45, 2.75) is 6.92 Å². The topological polar surface area (TPSA) is 30.7 Å². The summed E-state index contributed by atoms with van der Waals surface area (Å²) in [4.78, 5) is 9.72. The van der Waals surface area contributed by atoms with Crippen LogP contribution in [0, 0.1) is 0 Å². The lowest BCUT2D eigenvalue weighted by Gasteiger charge is -2.18. The van der Waals surface area contributed by atoms with Crippen molar-refractivity contribution in [3.05, 3.63) is 194 Å². The third kappa shape index (κ3) is 5.69. The average Bonchev–Trinajstić information content (AvgIpc) is 3.64. The molecule has 0 amide bonds. The van der Waals surface area contributed by atoms with E-state index in [2.05, 4.69) is 161 Å². The summed E-state index contributed by atoms with van der Waals surface area (Å²) in [5.41, 5.74) is 9.95. The number of allylic oxidation sites excluding steroid dienone is 3. The van der Waals surface area contributed by atoms with Crippen LogP contribution in [0.15, 0.2) is 188 Å². The lowest BCUT2D eigenvalue weighted by Crippen LogP contribution is -1.97. The van der Waals surface area contributed by atoms with Gasteiger partial charge in [-0.25, -0.2) is 4.98 Å². The Kier molecular flexibility index (Phi) is 8.07. The predicted octanol–water partition coefficient (Wildman–Crippen LogP) is 13.0. The highest BCUT2D eigenvalue weighted by Gasteiger charge is 2.18. The fourth-order valence-electron chi connectivity index (χ4n) is 7.38. The largest absolute Gasteiger partial charge is 0.299 e. The average molecular weight is 666 g/mol. The van der Waals surface area contributed by atoms with Gasteiger partial charge in [-0.15, -0.1) is 0 Å². The van der Waals surface area contributed by atoms with Gasteiger partial charge in [0.05, 0.1) is 5.69 Å². The minimum Gasteiger partial charge on any atom is -0.299 e. The Morgan fingerprint density at radius 3 is 1.77 bits per heavy atom. The zero-order chi connectivity index (χ0) is 34.9. The van der Waals surface area contributed by atoms with E-state index in [4.69, 9.17) is 4.98 Å². The van der Waals surface area contributed by atoms with Crippen molar-refractivity contribution in [3.8, 4) is 50.5 Å². The summed E-state index contributed by atoms with van der Waals surface area (Å²) in [6.07, 6.45) is 14.0. The molecule has 0 atom stereocenters. The molecule has 0 N–H and O–H groups in total. The first kappa shape index (κ1) is 31.2. The third-order valence-electron chi connectivity index (χ3n) is 9.80. The third-order valence-corrected chi connectivity index (χ3v) is 9.80. The van der Waals surface area contributed by atoms with E-state index in [1.807, 2.05) is 49.7 Å². The molecule has 2 aromatic heterocycles. The maximum absolute atomic E-state index is 5.09. The van der Waals surface area contributed by atoms with E-state index in [1.54, 1.807) is 0 Å². The van der Waals surface area contributed by atoms with Gasteiger partial charge in [-0.2, -0.15) is 0 Å². The van der Waals surface area contributed by atoms with Crippen LogP contribution >= 0.6 is 0 Å². The van der Waals surface area contributed by atoms with Gasteiger partial charge in [-0.1, -0.05) is 146 Å². The summed E-state index contributed by atoms with van der Waals surface area (Å²) in [6, 6.07) is 54.5. The summed E-state index contributed by atoms with van der Waals surface area (Å²) < 4.78 is 2.17. The summed E-state index contributed by atoms with van der Waals surface area (Å²) in [5, 5.41) is 7.46. The molecule has 0 aliphatic carbocycles. The predicted molar refractivity (Wildman–Crippen MR) is 219 cm³/mol. The Labute approximate surface area is 303 Å². The molecule has 0 fully saturated rings. The van der Waals surface area contributed by atoms with Gasteiger partial charge < -0.3 is 0 Å². The maximum atomic E-state index is 5.09. The standard InChI is InChI=1S/C49H35N3/c1-2-3-5-18-41-33-52(49(51-41)40-30-39(31-50-32-40)34-14-6-4-7-15-34)42-27-25-36(26-28-42)47-43-19-10-12-21-45(43)48(46-22-13-11-20-44(46)47)38-24-23-35-16-8-9-17-37(35)29-38/h2-33H,1H3/b3-2-,18-5-. The monoisotopic (exact) mass is 665 g/mol. The van der Waals surface area contributed by atoms with E-state index in [0.29, 0.717) is 0 Å². The molecular weight excluding hydrogens is 631 g/mol. The first-order chi connectivity index (χ1) is 25.7.